The van der Waals surface area contributed by atoms with Crippen LogP contribution < -0.4 is 0 Å². The molecule has 0 bridgehead atoms. The van der Waals surface area contributed by atoms with Crippen LogP contribution in [0.4, 0.5) is 0 Å². The number of hydrogen-bond donors (Lipinski definition) is 1. The predicted octanol–water partition coefficient (Wildman–Crippen LogP) is 3.48. The molecule has 3 heteroatoms. The second-order valence-electron chi connectivity index (χ2n) is 4.42. The van der Waals surface area contributed by atoms with Gasteiger partial charge in [0.2, 0.25) is 0 Å². The summed E-state index contributed by atoms with van der Waals surface area (Å²) in [5.41, 5.74) is 2.47. The van der Waals surface area contributed by atoms with Crippen molar-refractivity contribution in [3.8, 4) is 5.75 Å². The van der Waals surface area contributed by atoms with Crippen LogP contribution >= 0.6 is 0 Å². The Hall–Kier alpha value is -2.16. The van der Waals surface area contributed by atoms with E-state index in [9.17, 15) is 5.11 Å². The molecule has 92 valence electrons. The van der Waals surface area contributed by atoms with E-state index in [1.807, 2.05) is 44.2 Å². The van der Waals surface area contributed by atoms with Crippen molar-refractivity contribution in [2.24, 2.45) is 0 Å². The number of aromatic hydroxyl groups is 1. The van der Waals surface area contributed by atoms with E-state index < -0.39 is 0 Å². The Labute approximate surface area is 107 Å². The summed E-state index contributed by atoms with van der Waals surface area (Å²) in [5.74, 6) is 0.465. The zero-order valence-electron chi connectivity index (χ0n) is 10.5. The molecule has 2 aromatic rings. The van der Waals surface area contributed by atoms with Gasteiger partial charge in [-0.2, -0.15) is 0 Å². The van der Waals surface area contributed by atoms with Crippen LogP contribution in [-0.2, 0) is 0 Å². The third kappa shape index (κ3) is 2.94. The third-order valence-electron chi connectivity index (χ3n) is 2.60. The molecule has 0 fully saturated rings. The van der Waals surface area contributed by atoms with Gasteiger partial charge in [-0.25, -0.2) is 0 Å². The largest absolute Gasteiger partial charge is 0.506 e. The first kappa shape index (κ1) is 12.3. The minimum atomic E-state index is 0.221. The molecule has 3 nitrogen and oxygen atoms in total. The summed E-state index contributed by atoms with van der Waals surface area (Å²) in [6.07, 6.45) is 7.29. The average molecular weight is 240 g/mol. The summed E-state index contributed by atoms with van der Waals surface area (Å²) in [6, 6.07) is 7.46. The second-order valence-corrected chi connectivity index (χ2v) is 4.42. The van der Waals surface area contributed by atoms with Crippen molar-refractivity contribution in [1.82, 2.24) is 9.97 Å². The van der Waals surface area contributed by atoms with Gasteiger partial charge in [0.25, 0.3) is 0 Å². The Kier molecular flexibility index (Phi) is 3.72. The monoisotopic (exact) mass is 240 g/mol. The quantitative estimate of drug-likeness (QED) is 0.893. The Morgan fingerprint density at radius 1 is 1.17 bits per heavy atom. The molecule has 0 radical (unpaired) electrons. The van der Waals surface area contributed by atoms with Gasteiger partial charge in [-0.1, -0.05) is 26.0 Å². The molecule has 1 N–H and O–H groups in total. The average Bonchev–Trinajstić information content (AvgIpc) is 2.37. The zero-order valence-corrected chi connectivity index (χ0v) is 10.5. The van der Waals surface area contributed by atoms with Crippen molar-refractivity contribution in [2.45, 2.75) is 19.8 Å². The van der Waals surface area contributed by atoms with Crippen molar-refractivity contribution in [3.05, 3.63) is 53.6 Å². The minimum Gasteiger partial charge on any atom is -0.506 e. The highest BCUT2D eigenvalue weighted by molar-refractivity contribution is 5.68. The maximum Gasteiger partial charge on any atom is 0.137 e. The fraction of sp³-hybridized carbons (Fsp3) is 0.200. The first-order valence-corrected chi connectivity index (χ1v) is 5.95. The first-order valence-electron chi connectivity index (χ1n) is 5.95. The van der Waals surface area contributed by atoms with E-state index in [2.05, 4.69) is 9.97 Å². The van der Waals surface area contributed by atoms with Crippen LogP contribution in [0.5, 0.6) is 5.75 Å². The molecular weight excluding hydrogens is 224 g/mol. The van der Waals surface area contributed by atoms with Crippen LogP contribution in [0, 0.1) is 0 Å². The van der Waals surface area contributed by atoms with Crippen LogP contribution in [0.1, 0.15) is 36.7 Å². The lowest BCUT2D eigenvalue weighted by Crippen LogP contribution is -1.93. The predicted molar refractivity (Wildman–Crippen MR) is 73.2 cm³/mol. The smallest absolute Gasteiger partial charge is 0.137 e. The van der Waals surface area contributed by atoms with Gasteiger partial charge in [0.15, 0.2) is 0 Å². The number of hydrogen-bond acceptors (Lipinski definition) is 3. The van der Waals surface area contributed by atoms with Gasteiger partial charge in [-0.3, -0.25) is 9.97 Å². The van der Waals surface area contributed by atoms with Crippen molar-refractivity contribution >= 4 is 12.2 Å². The molecule has 0 saturated carbocycles. The van der Waals surface area contributed by atoms with E-state index in [-0.39, 0.29) is 11.7 Å². The van der Waals surface area contributed by atoms with Crippen molar-refractivity contribution < 1.29 is 5.11 Å². The molecule has 2 rings (SSSR count). The molecule has 0 aliphatic carbocycles. The van der Waals surface area contributed by atoms with Crippen molar-refractivity contribution in [1.29, 1.82) is 0 Å². The number of rotatable bonds is 3. The molecule has 0 atom stereocenters. The summed E-state index contributed by atoms with van der Waals surface area (Å²) in [6.45, 7) is 4.01. The van der Waals surface area contributed by atoms with E-state index in [1.54, 1.807) is 18.5 Å². The molecular formula is C15H16N2O. The summed E-state index contributed by atoms with van der Waals surface area (Å²) in [7, 11) is 0. The zero-order chi connectivity index (χ0) is 13.0. The molecule has 0 aliphatic heterocycles. The highest BCUT2D eigenvalue weighted by Crippen LogP contribution is 2.24. The van der Waals surface area contributed by atoms with Crippen molar-refractivity contribution in [3.63, 3.8) is 0 Å². The fourth-order valence-corrected chi connectivity index (χ4v) is 1.67. The molecule has 0 amide bonds. The summed E-state index contributed by atoms with van der Waals surface area (Å²) in [5, 5.41) is 9.85. The van der Waals surface area contributed by atoms with E-state index in [0.29, 0.717) is 0 Å². The number of aromatic nitrogens is 2. The van der Waals surface area contributed by atoms with Gasteiger partial charge in [0, 0.05) is 12.4 Å². The fourth-order valence-electron chi connectivity index (χ4n) is 1.67. The highest BCUT2D eigenvalue weighted by Gasteiger charge is 2.06. The summed E-state index contributed by atoms with van der Waals surface area (Å²) in [4.78, 5) is 8.46. The van der Waals surface area contributed by atoms with Crippen LogP contribution in [0.15, 0.2) is 36.7 Å². The standard InChI is InChI=1S/C15H16N2O/c1-11(2)15-14(18)9-12(10-17-15)6-7-13-5-3-4-8-16-13/h3-11,18H,1-2H3/b7-6+. The van der Waals surface area contributed by atoms with Crippen LogP contribution in [-0.4, -0.2) is 15.1 Å². The topological polar surface area (TPSA) is 46.0 Å². The molecule has 0 saturated heterocycles. The van der Waals surface area contributed by atoms with Crippen LogP contribution in [0.3, 0.4) is 0 Å². The lowest BCUT2D eigenvalue weighted by molar-refractivity contribution is 0.460. The van der Waals surface area contributed by atoms with Gasteiger partial charge in [0.05, 0.1) is 11.4 Å². The molecule has 0 aromatic carbocycles. The Morgan fingerprint density at radius 3 is 2.61 bits per heavy atom. The van der Waals surface area contributed by atoms with Gasteiger partial charge >= 0.3 is 0 Å². The molecule has 0 aliphatic rings. The van der Waals surface area contributed by atoms with Crippen LogP contribution in [0.2, 0.25) is 0 Å². The Balaban J connectivity index is 2.21. The third-order valence-corrected chi connectivity index (χ3v) is 2.60. The second kappa shape index (κ2) is 5.45. The maximum atomic E-state index is 9.85. The maximum absolute atomic E-state index is 9.85. The van der Waals surface area contributed by atoms with Gasteiger partial charge in [-0.05, 0) is 35.8 Å². The van der Waals surface area contributed by atoms with Crippen LogP contribution in [0.25, 0.3) is 12.2 Å². The normalized spacial score (nSPS) is 11.3. The van der Waals surface area contributed by atoms with E-state index in [1.165, 1.54) is 0 Å². The molecule has 2 aromatic heterocycles. The van der Waals surface area contributed by atoms with Gasteiger partial charge < -0.3 is 5.11 Å². The van der Waals surface area contributed by atoms with Gasteiger partial charge in [0.1, 0.15) is 5.75 Å². The number of nitrogens with zero attached hydrogens (tertiary/aromatic N) is 2. The first-order chi connectivity index (χ1) is 8.66. The highest BCUT2D eigenvalue weighted by atomic mass is 16.3. The lowest BCUT2D eigenvalue weighted by Gasteiger charge is -2.07. The Morgan fingerprint density at radius 2 is 2.00 bits per heavy atom. The van der Waals surface area contributed by atoms with E-state index in [4.69, 9.17) is 0 Å². The van der Waals surface area contributed by atoms with E-state index in [0.717, 1.165) is 17.0 Å². The van der Waals surface area contributed by atoms with Gasteiger partial charge in [-0.15, -0.1) is 0 Å². The molecule has 18 heavy (non-hydrogen) atoms. The van der Waals surface area contributed by atoms with E-state index >= 15 is 0 Å². The molecule has 2 heterocycles. The summed E-state index contributed by atoms with van der Waals surface area (Å²) >= 11 is 0. The SMILES string of the molecule is CC(C)c1ncc(/C=C/c2ccccn2)cc1O. The molecule has 0 unspecified atom stereocenters. The Bertz CT molecular complexity index is 548. The van der Waals surface area contributed by atoms with Crippen molar-refractivity contribution in [2.75, 3.05) is 0 Å². The minimum absolute atomic E-state index is 0.221. The number of pyridine rings is 2. The lowest BCUT2D eigenvalue weighted by atomic mass is 10.1. The summed E-state index contributed by atoms with van der Waals surface area (Å²) < 4.78 is 0. The molecule has 0 spiro atoms.